The van der Waals surface area contributed by atoms with E-state index >= 15 is 0 Å². The summed E-state index contributed by atoms with van der Waals surface area (Å²) in [5.41, 5.74) is 1.86. The lowest BCUT2D eigenvalue weighted by Gasteiger charge is -2.27. The first kappa shape index (κ1) is 12.9. The van der Waals surface area contributed by atoms with E-state index in [4.69, 9.17) is 4.74 Å². The van der Waals surface area contributed by atoms with Crippen molar-refractivity contribution < 1.29 is 4.74 Å². The van der Waals surface area contributed by atoms with Gasteiger partial charge in [0.05, 0.1) is 25.1 Å². The molecule has 106 valence electrons. The van der Waals surface area contributed by atoms with Crippen LogP contribution < -0.4 is 10.2 Å². The molecule has 0 aromatic carbocycles. The van der Waals surface area contributed by atoms with Crippen LogP contribution in [0.3, 0.4) is 0 Å². The lowest BCUT2D eigenvalue weighted by atomic mass is 10.2. The molecule has 7 nitrogen and oxygen atoms in total. The number of morpholine rings is 1. The third-order valence-electron chi connectivity index (χ3n) is 3.27. The van der Waals surface area contributed by atoms with Gasteiger partial charge in [0.1, 0.15) is 5.82 Å². The van der Waals surface area contributed by atoms with E-state index in [0.29, 0.717) is 0 Å². The van der Waals surface area contributed by atoms with E-state index in [2.05, 4.69) is 25.3 Å². The summed E-state index contributed by atoms with van der Waals surface area (Å²) in [4.78, 5) is 11.3. The Balaban J connectivity index is 1.97. The number of hydrogen-bond donors (Lipinski definition) is 1. The van der Waals surface area contributed by atoms with Gasteiger partial charge in [0.25, 0.3) is 0 Å². The van der Waals surface area contributed by atoms with Crippen molar-refractivity contribution in [2.45, 2.75) is 0 Å². The van der Waals surface area contributed by atoms with Gasteiger partial charge in [-0.3, -0.25) is 4.68 Å². The molecule has 2 aromatic heterocycles. The Bertz CT molecular complexity index is 590. The molecule has 0 aliphatic carbocycles. The molecule has 1 aliphatic rings. The predicted molar refractivity (Wildman–Crippen MR) is 76.8 cm³/mol. The summed E-state index contributed by atoms with van der Waals surface area (Å²) in [6.45, 7) is 3.07. The van der Waals surface area contributed by atoms with Crippen molar-refractivity contribution in [3.63, 3.8) is 0 Å². The van der Waals surface area contributed by atoms with Gasteiger partial charge < -0.3 is 15.0 Å². The highest BCUT2D eigenvalue weighted by Gasteiger charge is 2.16. The van der Waals surface area contributed by atoms with E-state index < -0.39 is 0 Å². The standard InChI is InChI=1S/C13H18N6O/c1-14-12-7-11(10-8-15-18(2)9-10)16-13(17-12)19-3-5-20-6-4-19/h7-9H,3-6H2,1-2H3,(H,14,16,17). The summed E-state index contributed by atoms with van der Waals surface area (Å²) in [5, 5.41) is 7.28. The Morgan fingerprint density at radius 2 is 2.05 bits per heavy atom. The molecule has 0 radical (unpaired) electrons. The molecule has 3 heterocycles. The van der Waals surface area contributed by atoms with Gasteiger partial charge in [-0.2, -0.15) is 10.1 Å². The maximum atomic E-state index is 5.37. The fraction of sp³-hybridized carbons (Fsp3) is 0.462. The van der Waals surface area contributed by atoms with E-state index in [0.717, 1.165) is 49.3 Å². The minimum absolute atomic E-state index is 0.718. The molecule has 0 bridgehead atoms. The highest BCUT2D eigenvalue weighted by molar-refractivity contribution is 5.63. The van der Waals surface area contributed by atoms with E-state index in [1.165, 1.54) is 0 Å². The lowest BCUT2D eigenvalue weighted by molar-refractivity contribution is 0.122. The Labute approximate surface area is 117 Å². The molecule has 0 saturated carbocycles. The summed E-state index contributed by atoms with van der Waals surface area (Å²) in [6.07, 6.45) is 3.76. The quantitative estimate of drug-likeness (QED) is 0.891. The second-order valence-electron chi connectivity index (χ2n) is 4.69. The van der Waals surface area contributed by atoms with Crippen molar-refractivity contribution >= 4 is 11.8 Å². The molecule has 1 N–H and O–H groups in total. The molecule has 0 amide bonds. The zero-order valence-electron chi connectivity index (χ0n) is 11.7. The number of hydrogen-bond acceptors (Lipinski definition) is 6. The van der Waals surface area contributed by atoms with Crippen LogP contribution in [-0.2, 0) is 11.8 Å². The molecule has 2 aromatic rings. The van der Waals surface area contributed by atoms with Crippen molar-refractivity contribution in [1.82, 2.24) is 19.7 Å². The molecule has 20 heavy (non-hydrogen) atoms. The average Bonchev–Trinajstić information content (AvgIpc) is 2.94. The highest BCUT2D eigenvalue weighted by Crippen LogP contribution is 2.22. The minimum Gasteiger partial charge on any atom is -0.378 e. The van der Waals surface area contributed by atoms with Crippen LogP contribution in [0.1, 0.15) is 0 Å². The summed E-state index contributed by atoms with van der Waals surface area (Å²) < 4.78 is 7.14. The molecule has 1 saturated heterocycles. The van der Waals surface area contributed by atoms with Gasteiger partial charge in [-0.05, 0) is 0 Å². The third kappa shape index (κ3) is 2.57. The first-order chi connectivity index (χ1) is 9.76. The predicted octanol–water partition coefficient (Wildman–Crippen LogP) is 0.755. The van der Waals surface area contributed by atoms with Crippen LogP contribution in [0.25, 0.3) is 11.3 Å². The largest absolute Gasteiger partial charge is 0.378 e. The van der Waals surface area contributed by atoms with Crippen LogP contribution in [0, 0.1) is 0 Å². The van der Waals surface area contributed by atoms with Crippen LogP contribution in [0.15, 0.2) is 18.5 Å². The van der Waals surface area contributed by atoms with Crippen molar-refractivity contribution in [3.05, 3.63) is 18.5 Å². The van der Waals surface area contributed by atoms with Crippen molar-refractivity contribution in [3.8, 4) is 11.3 Å². The fourth-order valence-corrected chi connectivity index (χ4v) is 2.17. The second kappa shape index (κ2) is 5.46. The van der Waals surface area contributed by atoms with Gasteiger partial charge in [0, 0.05) is 45.0 Å². The van der Waals surface area contributed by atoms with Crippen LogP contribution in [0.5, 0.6) is 0 Å². The maximum Gasteiger partial charge on any atom is 0.228 e. The van der Waals surface area contributed by atoms with Gasteiger partial charge in [-0.25, -0.2) is 4.98 Å². The second-order valence-corrected chi connectivity index (χ2v) is 4.69. The van der Waals surface area contributed by atoms with Crippen LogP contribution in [0.2, 0.25) is 0 Å². The van der Waals surface area contributed by atoms with Gasteiger partial charge in [-0.1, -0.05) is 0 Å². The normalized spacial score (nSPS) is 15.4. The first-order valence-electron chi connectivity index (χ1n) is 6.65. The summed E-state index contributed by atoms with van der Waals surface area (Å²) in [6, 6.07) is 1.93. The summed E-state index contributed by atoms with van der Waals surface area (Å²) in [5.74, 6) is 1.54. The van der Waals surface area contributed by atoms with Crippen molar-refractivity contribution in [1.29, 1.82) is 0 Å². The molecule has 0 unspecified atom stereocenters. The molecule has 1 fully saturated rings. The van der Waals surface area contributed by atoms with Crippen LogP contribution >= 0.6 is 0 Å². The van der Waals surface area contributed by atoms with Crippen molar-refractivity contribution in [2.24, 2.45) is 7.05 Å². The SMILES string of the molecule is CNc1cc(-c2cnn(C)c2)nc(N2CCOCC2)n1. The van der Waals surface area contributed by atoms with Gasteiger partial charge in [0.2, 0.25) is 5.95 Å². The van der Waals surface area contributed by atoms with E-state index in [1.807, 2.05) is 32.6 Å². The number of ether oxygens (including phenoxy) is 1. The highest BCUT2D eigenvalue weighted by atomic mass is 16.5. The Morgan fingerprint density at radius 3 is 2.70 bits per heavy atom. The van der Waals surface area contributed by atoms with Crippen LogP contribution in [-0.4, -0.2) is 53.1 Å². The number of nitrogens with zero attached hydrogens (tertiary/aromatic N) is 5. The third-order valence-corrected chi connectivity index (χ3v) is 3.27. The molecule has 7 heteroatoms. The number of aryl methyl sites for hydroxylation is 1. The number of aromatic nitrogens is 4. The number of anilines is 2. The van der Waals surface area contributed by atoms with E-state index in [-0.39, 0.29) is 0 Å². The number of rotatable bonds is 3. The summed E-state index contributed by atoms with van der Waals surface area (Å²) in [7, 11) is 3.75. The average molecular weight is 274 g/mol. The molecule has 1 aliphatic heterocycles. The Morgan fingerprint density at radius 1 is 1.25 bits per heavy atom. The smallest absolute Gasteiger partial charge is 0.228 e. The maximum absolute atomic E-state index is 5.37. The lowest BCUT2D eigenvalue weighted by Crippen LogP contribution is -2.37. The molecular weight excluding hydrogens is 256 g/mol. The Kier molecular flexibility index (Phi) is 3.51. The topological polar surface area (TPSA) is 68.1 Å². The minimum atomic E-state index is 0.718. The fourth-order valence-electron chi connectivity index (χ4n) is 2.17. The zero-order chi connectivity index (χ0) is 13.9. The van der Waals surface area contributed by atoms with Crippen molar-refractivity contribution in [2.75, 3.05) is 43.6 Å². The summed E-state index contributed by atoms with van der Waals surface area (Å²) >= 11 is 0. The molecular formula is C13H18N6O. The van der Waals surface area contributed by atoms with E-state index in [1.54, 1.807) is 4.68 Å². The zero-order valence-corrected chi connectivity index (χ0v) is 11.7. The monoisotopic (exact) mass is 274 g/mol. The van der Waals surface area contributed by atoms with Crippen LogP contribution in [0.4, 0.5) is 11.8 Å². The van der Waals surface area contributed by atoms with Gasteiger partial charge in [0.15, 0.2) is 0 Å². The Hall–Kier alpha value is -2.15. The van der Waals surface area contributed by atoms with Gasteiger partial charge in [-0.15, -0.1) is 0 Å². The van der Waals surface area contributed by atoms with E-state index in [9.17, 15) is 0 Å². The number of nitrogens with one attached hydrogen (secondary N) is 1. The molecule has 3 rings (SSSR count). The van der Waals surface area contributed by atoms with Gasteiger partial charge >= 0.3 is 0 Å². The molecule has 0 atom stereocenters. The molecule has 0 spiro atoms. The first-order valence-corrected chi connectivity index (χ1v) is 6.65.